The monoisotopic (exact) mass is 534 g/mol. The Bertz CT molecular complexity index is 1260. The Morgan fingerprint density at radius 1 is 1.18 bits per heavy atom. The molecule has 1 saturated heterocycles. The highest BCUT2D eigenvalue weighted by atomic mass is 35.5. The van der Waals surface area contributed by atoms with Crippen molar-refractivity contribution >= 4 is 38.3 Å². The Kier molecular flexibility index (Phi) is 7.45. The van der Waals surface area contributed by atoms with E-state index in [4.69, 9.17) is 16.3 Å². The van der Waals surface area contributed by atoms with E-state index in [1.807, 2.05) is 0 Å². The van der Waals surface area contributed by atoms with Gasteiger partial charge in [-0.3, -0.25) is 4.72 Å². The van der Waals surface area contributed by atoms with Gasteiger partial charge in [-0.05, 0) is 56.1 Å². The van der Waals surface area contributed by atoms with Gasteiger partial charge in [-0.2, -0.15) is 13.2 Å². The van der Waals surface area contributed by atoms with Crippen LogP contribution in [0.4, 0.5) is 18.3 Å². The zero-order valence-corrected chi connectivity index (χ0v) is 19.7. The van der Waals surface area contributed by atoms with Crippen molar-refractivity contribution in [3.05, 3.63) is 53.1 Å². The largest absolute Gasteiger partial charge is 0.455 e. The molecule has 0 spiro atoms. The van der Waals surface area contributed by atoms with Gasteiger partial charge in [0, 0.05) is 23.2 Å². The number of sulfonamides is 1. The number of aromatic nitrogens is 2. The Morgan fingerprint density at radius 2 is 1.94 bits per heavy atom. The molecule has 1 aliphatic rings. The predicted octanol–water partition coefficient (Wildman–Crippen LogP) is 4.99. The number of hydrogen-bond donors (Lipinski definition) is 2. The van der Waals surface area contributed by atoms with E-state index < -0.39 is 27.3 Å². The molecule has 0 atom stereocenters. The summed E-state index contributed by atoms with van der Waals surface area (Å²) in [6.07, 6.45) is 2.61. The Morgan fingerprint density at radius 3 is 2.62 bits per heavy atom. The first-order valence-electron chi connectivity index (χ1n) is 9.99. The summed E-state index contributed by atoms with van der Waals surface area (Å²) in [5.74, 6) is -1.00. The molecule has 1 fully saturated rings. The van der Waals surface area contributed by atoms with Gasteiger partial charge in [0.05, 0.1) is 5.02 Å². The van der Waals surface area contributed by atoms with E-state index in [0.29, 0.717) is 5.56 Å². The topological polar surface area (TPSA) is 102 Å². The summed E-state index contributed by atoms with van der Waals surface area (Å²) in [5.41, 5.74) is 0.603. The first kappa shape index (κ1) is 24.5. The molecule has 0 amide bonds. The summed E-state index contributed by atoms with van der Waals surface area (Å²) in [6, 6.07) is 5.99. The number of benzene rings is 2. The smallest absolute Gasteiger partial charge is 0.387 e. The lowest BCUT2D eigenvalue weighted by atomic mass is 9.89. The summed E-state index contributed by atoms with van der Waals surface area (Å²) in [6.45, 7) is -1.53. The highest BCUT2D eigenvalue weighted by molar-refractivity contribution is 7.93. The first-order chi connectivity index (χ1) is 16.2. The van der Waals surface area contributed by atoms with Gasteiger partial charge >= 0.3 is 6.61 Å². The van der Waals surface area contributed by atoms with Gasteiger partial charge in [-0.25, -0.2) is 17.8 Å². The lowest BCUT2D eigenvalue weighted by molar-refractivity contribution is -0.0499. The second kappa shape index (κ2) is 10.3. The van der Waals surface area contributed by atoms with E-state index in [2.05, 4.69) is 24.1 Å². The summed E-state index contributed by atoms with van der Waals surface area (Å²) >= 11 is 7.02. The normalized spacial score (nSPS) is 14.9. The summed E-state index contributed by atoms with van der Waals surface area (Å²) in [4.78, 5) is 3.01. The molecular weight excluding hydrogens is 517 g/mol. The van der Waals surface area contributed by atoms with Crippen LogP contribution < -0.4 is 19.5 Å². The maximum absolute atomic E-state index is 14.8. The second-order valence-corrected chi connectivity index (χ2v) is 10.1. The van der Waals surface area contributed by atoms with Crippen LogP contribution >= 0.6 is 23.1 Å². The molecule has 2 N–H and O–H groups in total. The molecule has 8 nitrogen and oxygen atoms in total. The SMILES string of the molecule is O=S(=O)(Nc1ncns1)c1cc(Cl)c(Oc2ccc(OC(F)F)cc2C2CCNCC2)cc1F. The number of anilines is 1. The number of rotatable bonds is 8. The maximum atomic E-state index is 14.8. The Labute approximate surface area is 202 Å². The van der Waals surface area contributed by atoms with Crippen LogP contribution in [0.25, 0.3) is 0 Å². The zero-order valence-electron chi connectivity index (χ0n) is 17.3. The lowest BCUT2D eigenvalue weighted by Gasteiger charge is -2.25. The molecule has 0 unspecified atom stereocenters. The molecule has 3 aromatic rings. The van der Waals surface area contributed by atoms with Gasteiger partial charge < -0.3 is 14.8 Å². The van der Waals surface area contributed by atoms with Crippen LogP contribution in [-0.2, 0) is 10.0 Å². The van der Waals surface area contributed by atoms with Crippen molar-refractivity contribution in [2.45, 2.75) is 30.3 Å². The van der Waals surface area contributed by atoms with Crippen LogP contribution in [0.5, 0.6) is 17.2 Å². The second-order valence-electron chi connectivity index (χ2n) is 7.27. The van der Waals surface area contributed by atoms with Crippen molar-refractivity contribution < 1.29 is 31.1 Å². The predicted molar refractivity (Wildman–Crippen MR) is 120 cm³/mol. The van der Waals surface area contributed by atoms with Crippen LogP contribution in [0.15, 0.2) is 41.6 Å². The molecule has 2 aromatic carbocycles. The van der Waals surface area contributed by atoms with Crippen LogP contribution in [0.2, 0.25) is 5.02 Å². The van der Waals surface area contributed by atoms with E-state index in [0.717, 1.165) is 55.9 Å². The third kappa shape index (κ3) is 5.71. The number of hydrogen-bond acceptors (Lipinski definition) is 8. The minimum absolute atomic E-state index is 0.0168. The van der Waals surface area contributed by atoms with Gasteiger partial charge in [0.1, 0.15) is 34.3 Å². The van der Waals surface area contributed by atoms with Crippen molar-refractivity contribution in [1.29, 1.82) is 0 Å². The maximum Gasteiger partial charge on any atom is 0.387 e. The van der Waals surface area contributed by atoms with Crippen LogP contribution in [0.1, 0.15) is 24.3 Å². The average molecular weight is 535 g/mol. The standard InChI is InChI=1S/C20H18ClF3N4O4S2/c21-14-8-18(34(29,30)28-20-26-10-27-33-20)15(22)9-17(14)32-16-2-1-12(31-19(23)24)7-13(16)11-3-5-25-6-4-11/h1-2,7-11,19,25H,3-6H2,(H,26,27,28). The van der Waals surface area contributed by atoms with E-state index in [1.165, 1.54) is 18.2 Å². The fourth-order valence-electron chi connectivity index (χ4n) is 3.55. The number of piperidine rings is 1. The Hall–Kier alpha value is -2.61. The van der Waals surface area contributed by atoms with Crippen LogP contribution in [-0.4, -0.2) is 37.5 Å². The molecule has 0 bridgehead atoms. The molecule has 4 rings (SSSR count). The fourth-order valence-corrected chi connectivity index (χ4v) is 5.56. The molecule has 0 aliphatic carbocycles. The molecule has 1 aromatic heterocycles. The fraction of sp³-hybridized carbons (Fsp3) is 0.300. The zero-order chi connectivity index (χ0) is 24.3. The van der Waals surface area contributed by atoms with Crippen molar-refractivity contribution in [1.82, 2.24) is 14.7 Å². The third-order valence-corrected chi connectivity index (χ3v) is 7.42. The minimum atomic E-state index is -4.32. The van der Waals surface area contributed by atoms with Gasteiger partial charge in [0.25, 0.3) is 10.0 Å². The van der Waals surface area contributed by atoms with Crippen molar-refractivity contribution in [3.63, 3.8) is 0 Å². The highest BCUT2D eigenvalue weighted by Gasteiger charge is 2.25. The average Bonchev–Trinajstić information content (AvgIpc) is 3.29. The summed E-state index contributed by atoms with van der Waals surface area (Å²) < 4.78 is 81.5. The van der Waals surface area contributed by atoms with Crippen LogP contribution in [0.3, 0.4) is 0 Å². The van der Waals surface area contributed by atoms with Gasteiger partial charge in [0.2, 0.25) is 5.13 Å². The number of ether oxygens (including phenoxy) is 2. The van der Waals surface area contributed by atoms with Gasteiger partial charge in [-0.15, -0.1) is 0 Å². The van der Waals surface area contributed by atoms with Crippen LogP contribution in [0, 0.1) is 5.82 Å². The molecule has 2 heterocycles. The molecule has 1 aliphatic heterocycles. The molecule has 0 saturated carbocycles. The van der Waals surface area contributed by atoms with E-state index in [1.54, 1.807) is 0 Å². The number of nitrogens with one attached hydrogen (secondary N) is 2. The van der Waals surface area contributed by atoms with Gasteiger partial charge in [0.15, 0.2) is 0 Å². The minimum Gasteiger partial charge on any atom is -0.455 e. The van der Waals surface area contributed by atoms with E-state index >= 15 is 0 Å². The van der Waals surface area contributed by atoms with Crippen molar-refractivity contribution in [2.24, 2.45) is 0 Å². The van der Waals surface area contributed by atoms with Crippen molar-refractivity contribution in [2.75, 3.05) is 17.8 Å². The summed E-state index contributed by atoms with van der Waals surface area (Å²) in [7, 11) is -4.32. The molecule has 182 valence electrons. The lowest BCUT2D eigenvalue weighted by Crippen LogP contribution is -2.26. The highest BCUT2D eigenvalue weighted by Crippen LogP contribution is 2.40. The molecule has 0 radical (unpaired) electrons. The van der Waals surface area contributed by atoms with Crippen molar-refractivity contribution in [3.8, 4) is 17.2 Å². The molecule has 14 heteroatoms. The summed E-state index contributed by atoms with van der Waals surface area (Å²) in [5, 5.41) is 3.02. The number of nitrogens with zero attached hydrogens (tertiary/aromatic N) is 2. The first-order valence-corrected chi connectivity index (χ1v) is 12.6. The molecule has 34 heavy (non-hydrogen) atoms. The number of alkyl halides is 2. The van der Waals surface area contributed by atoms with E-state index in [9.17, 15) is 21.6 Å². The van der Waals surface area contributed by atoms with Gasteiger partial charge in [-0.1, -0.05) is 11.6 Å². The van der Waals surface area contributed by atoms with E-state index in [-0.39, 0.29) is 33.3 Å². The quantitative estimate of drug-likeness (QED) is 0.419. The number of halogens is 4. The molecular formula is C20H18ClF3N4O4S2. The Balaban J connectivity index is 1.65. The third-order valence-electron chi connectivity index (χ3n) is 5.06.